The van der Waals surface area contributed by atoms with Crippen molar-refractivity contribution in [3.63, 3.8) is 0 Å². The molecule has 4 rings (SSSR count). The molecule has 0 saturated carbocycles. The van der Waals surface area contributed by atoms with E-state index in [1.165, 1.54) is 27.7 Å². The van der Waals surface area contributed by atoms with E-state index in [0.717, 1.165) is 6.26 Å². The van der Waals surface area contributed by atoms with Crippen LogP contribution in [0.15, 0.2) is 11.8 Å². The number of carbonyl (C=O) groups is 4. The van der Waals surface area contributed by atoms with Gasteiger partial charge in [0.2, 0.25) is 0 Å². The third-order valence-corrected chi connectivity index (χ3v) is 12.7. The molecule has 27 heteroatoms. The van der Waals surface area contributed by atoms with Crippen molar-refractivity contribution in [1.29, 1.82) is 0 Å². The number of thioether (sulfide) groups is 1. The van der Waals surface area contributed by atoms with E-state index in [2.05, 4.69) is 4.74 Å². The lowest BCUT2D eigenvalue weighted by molar-refractivity contribution is -0.461. The summed E-state index contributed by atoms with van der Waals surface area (Å²) in [6.45, 7) is 6.86. The van der Waals surface area contributed by atoms with E-state index in [1.807, 2.05) is 0 Å². The van der Waals surface area contributed by atoms with E-state index < -0.39 is 142 Å². The van der Waals surface area contributed by atoms with Crippen LogP contribution in [0.3, 0.4) is 0 Å². The summed E-state index contributed by atoms with van der Waals surface area (Å²) in [5, 5.41) is -1.73. The Labute approximate surface area is 331 Å². The average Bonchev–Trinajstić information content (AvgIpc) is 3.84. The van der Waals surface area contributed by atoms with Crippen LogP contribution < -0.4 is 0 Å². The first-order chi connectivity index (χ1) is 27.0. The molecule has 10 atom stereocenters. The van der Waals surface area contributed by atoms with Gasteiger partial charge in [0.1, 0.15) is 17.8 Å². The van der Waals surface area contributed by atoms with Crippen LogP contribution in [-0.4, -0.2) is 113 Å². The van der Waals surface area contributed by atoms with Gasteiger partial charge in [-0.15, -0.1) is 0 Å². The van der Waals surface area contributed by atoms with Gasteiger partial charge in [-0.25, -0.2) is 0 Å². The monoisotopic (exact) mass is 928 g/mol. The van der Waals surface area contributed by atoms with Crippen LogP contribution in [0.1, 0.15) is 47.5 Å². The third-order valence-electron chi connectivity index (χ3n) is 11.2. The summed E-state index contributed by atoms with van der Waals surface area (Å²) < 4.78 is 264. The molecule has 0 N–H and O–H groups in total. The van der Waals surface area contributed by atoms with Crippen LogP contribution in [0.25, 0.3) is 0 Å². The van der Waals surface area contributed by atoms with Gasteiger partial charge in [0.15, 0.2) is 0 Å². The van der Waals surface area contributed by atoms with Crippen LogP contribution in [0, 0.1) is 29.6 Å². The summed E-state index contributed by atoms with van der Waals surface area (Å²) in [5.74, 6) is -71.6. The number of esters is 4. The molecule has 9 nitrogen and oxygen atoms in total. The highest BCUT2D eigenvalue weighted by Gasteiger charge is 2.95. The number of fused-ring (bicyclic) bond motifs is 2. The number of carbonyl (C=O) groups excluding carboxylic acids is 4. The van der Waals surface area contributed by atoms with E-state index in [4.69, 9.17) is 18.9 Å². The van der Waals surface area contributed by atoms with Crippen LogP contribution in [0.2, 0.25) is 0 Å². The van der Waals surface area contributed by atoms with E-state index in [0.29, 0.717) is 0 Å². The Bertz CT molecular complexity index is 1740. The molecule has 4 fully saturated rings. The molecule has 0 bridgehead atoms. The zero-order valence-electron chi connectivity index (χ0n) is 31.1. The van der Waals surface area contributed by atoms with Gasteiger partial charge < -0.3 is 23.7 Å². The Hall–Kier alpha value is -3.10. The summed E-state index contributed by atoms with van der Waals surface area (Å²) in [6.07, 6.45) is -13.8. The van der Waals surface area contributed by atoms with Gasteiger partial charge in [-0.1, -0.05) is 13.8 Å². The summed E-state index contributed by atoms with van der Waals surface area (Å²) in [4.78, 5) is 51.5. The smallest absolute Gasteiger partial charge is 0.460 e. The maximum absolute atomic E-state index is 15.1. The topological polar surface area (TPSA) is 114 Å². The van der Waals surface area contributed by atoms with Crippen molar-refractivity contribution < 1.29 is 117 Å². The maximum atomic E-state index is 15.1. The van der Waals surface area contributed by atoms with Crippen LogP contribution >= 0.6 is 11.8 Å². The molecule has 0 aliphatic carbocycles. The van der Waals surface area contributed by atoms with Crippen molar-refractivity contribution in [2.45, 2.75) is 124 Å². The molecular formula is C33H33F17O9S. The van der Waals surface area contributed by atoms with Crippen molar-refractivity contribution in [3.8, 4) is 0 Å². The maximum Gasteiger partial charge on any atom is 0.460 e. The number of ether oxygens (including phenoxy) is 5. The fourth-order valence-corrected chi connectivity index (χ4v) is 9.28. The molecule has 0 aromatic carbocycles. The predicted octanol–water partition coefficient (Wildman–Crippen LogP) is 8.03. The van der Waals surface area contributed by atoms with Crippen molar-refractivity contribution in [3.05, 3.63) is 11.8 Å². The Morgan fingerprint density at radius 3 is 1.68 bits per heavy atom. The van der Waals surface area contributed by atoms with Crippen molar-refractivity contribution in [2.75, 3.05) is 12.4 Å². The highest BCUT2D eigenvalue weighted by Crippen LogP contribution is 2.64. The number of alkyl halides is 17. The molecule has 0 aromatic rings. The van der Waals surface area contributed by atoms with Crippen LogP contribution in [0.5, 0.6) is 0 Å². The van der Waals surface area contributed by atoms with Gasteiger partial charge in [-0.05, 0) is 38.5 Å². The number of halogens is 17. The quantitative estimate of drug-likeness (QED) is 0.0615. The summed E-state index contributed by atoms with van der Waals surface area (Å²) in [7, 11) is 0. The van der Waals surface area contributed by atoms with Crippen molar-refractivity contribution >= 4 is 35.6 Å². The Morgan fingerprint density at radius 2 is 1.18 bits per heavy atom. The molecule has 6 unspecified atom stereocenters. The van der Waals surface area contributed by atoms with Crippen LogP contribution in [0.4, 0.5) is 74.6 Å². The summed E-state index contributed by atoms with van der Waals surface area (Å²) in [5.41, 5.74) is -1.85. The van der Waals surface area contributed by atoms with E-state index in [-0.39, 0.29) is 30.4 Å². The van der Waals surface area contributed by atoms with E-state index in [9.17, 15) is 85.0 Å². The minimum Gasteiger partial charge on any atom is -0.501 e. The standard InChI is InChI=1S/C33H33F17O9S/c1-6-13-14-15(22(52)57-21(14)51)19(56-13)20(12(4)25(5)17-16(23(53)58-24(17)54)18(59-25)11(3)10-55-7-2)60-9-8-26(34,35)27(36,37)28(38,39)29(40,41)30(42,43)31(44,45)32(46,47)33(48,49)50/h10,12-20H,6-9H2,1-5H3/b11-10-/t12?,13?,14-,15-,16+,17+,18?,19?,20?,25?/m0/s1. The zero-order valence-corrected chi connectivity index (χ0v) is 31.9. The first-order valence-electron chi connectivity index (χ1n) is 17.5. The third kappa shape index (κ3) is 7.10. The number of hydrogen-bond donors (Lipinski definition) is 0. The van der Waals surface area contributed by atoms with Crippen LogP contribution in [-0.2, 0) is 42.9 Å². The fourth-order valence-electron chi connectivity index (χ4n) is 7.65. The first-order valence-corrected chi connectivity index (χ1v) is 18.5. The lowest BCUT2D eigenvalue weighted by Crippen LogP contribution is -2.74. The molecular weight excluding hydrogens is 895 g/mol. The molecule has 4 saturated heterocycles. The molecule has 60 heavy (non-hydrogen) atoms. The van der Waals surface area contributed by atoms with E-state index >= 15 is 8.78 Å². The molecule has 0 aromatic heterocycles. The van der Waals surface area contributed by atoms with Crippen molar-refractivity contribution in [2.24, 2.45) is 29.6 Å². The Morgan fingerprint density at radius 1 is 0.717 bits per heavy atom. The second-order valence-corrected chi connectivity index (χ2v) is 15.9. The highest BCUT2D eigenvalue weighted by atomic mass is 32.2. The zero-order chi connectivity index (χ0) is 46.4. The molecule has 344 valence electrons. The normalized spacial score (nSPS) is 31.0. The molecule has 4 aliphatic heterocycles. The summed E-state index contributed by atoms with van der Waals surface area (Å²) >= 11 is -0.0248. The van der Waals surface area contributed by atoms with Gasteiger partial charge in [0.25, 0.3) is 0 Å². The second kappa shape index (κ2) is 15.6. The SMILES string of the molecule is CCO/C=C(/C)C1OC(C)(C(C)C(SCCC(F)(F)C(F)(F)C(F)(F)C(F)(F)C(F)(F)C(F)(F)C(F)(F)C(F)(F)F)C2OC(CC)[C@@H]3C(=O)OC(=O)[C@H]23)[C@H]2C(=O)OC(=O)[C@@H]12. The minimum absolute atomic E-state index is 0.0248. The van der Waals surface area contributed by atoms with Gasteiger partial charge in [-0.2, -0.15) is 86.4 Å². The molecule has 4 heterocycles. The summed E-state index contributed by atoms with van der Waals surface area (Å²) in [6, 6.07) is 0. The van der Waals surface area contributed by atoms with Gasteiger partial charge in [-0.3, -0.25) is 19.2 Å². The largest absolute Gasteiger partial charge is 0.501 e. The van der Waals surface area contributed by atoms with Gasteiger partial charge in [0, 0.05) is 17.6 Å². The molecule has 4 aliphatic rings. The minimum atomic E-state index is -8.79. The van der Waals surface area contributed by atoms with Crippen molar-refractivity contribution in [1.82, 2.24) is 0 Å². The predicted molar refractivity (Wildman–Crippen MR) is 164 cm³/mol. The van der Waals surface area contributed by atoms with Gasteiger partial charge in [0.05, 0.1) is 42.7 Å². The van der Waals surface area contributed by atoms with E-state index in [1.54, 1.807) is 6.92 Å². The fraction of sp³-hybridized carbons (Fsp3) is 0.818. The average molecular weight is 929 g/mol. The Kier molecular flexibility index (Phi) is 12.9. The Balaban J connectivity index is 1.73. The lowest BCUT2D eigenvalue weighted by atomic mass is 9.72. The number of hydrogen-bond acceptors (Lipinski definition) is 10. The lowest BCUT2D eigenvalue weighted by Gasteiger charge is -2.43. The molecule has 0 spiro atoms. The second-order valence-electron chi connectivity index (χ2n) is 14.6. The van der Waals surface area contributed by atoms with Gasteiger partial charge >= 0.3 is 71.5 Å². The number of rotatable bonds is 17. The molecule has 0 radical (unpaired) electrons. The molecule has 0 amide bonds. The highest BCUT2D eigenvalue weighted by molar-refractivity contribution is 7.99. The number of cyclic esters (lactones) is 4. The first kappa shape index (κ1) is 49.6.